The summed E-state index contributed by atoms with van der Waals surface area (Å²) >= 11 is 5.96. The Morgan fingerprint density at radius 2 is 1.94 bits per heavy atom. The first-order chi connectivity index (χ1) is 15.2. The van der Waals surface area contributed by atoms with Gasteiger partial charge in [-0.1, -0.05) is 23.7 Å². The van der Waals surface area contributed by atoms with Gasteiger partial charge in [-0.2, -0.15) is 17.6 Å². The van der Waals surface area contributed by atoms with Crippen molar-refractivity contribution in [1.82, 2.24) is 9.19 Å². The van der Waals surface area contributed by atoms with Crippen molar-refractivity contribution in [2.75, 3.05) is 12.4 Å². The third-order valence-corrected chi connectivity index (χ3v) is 6.75. The van der Waals surface area contributed by atoms with Crippen molar-refractivity contribution >= 4 is 44.1 Å². The van der Waals surface area contributed by atoms with Crippen molar-refractivity contribution < 1.29 is 22.3 Å². The Morgan fingerprint density at radius 3 is 2.66 bits per heavy atom. The van der Waals surface area contributed by atoms with E-state index in [0.29, 0.717) is 5.39 Å². The quantitative estimate of drug-likeness (QED) is 0.456. The Kier molecular flexibility index (Phi) is 5.62. The molecule has 4 rings (SSSR count). The second kappa shape index (κ2) is 8.25. The normalized spacial score (nSPS) is 11.5. The highest BCUT2D eigenvalue weighted by Crippen LogP contribution is 2.30. The number of carbonyl (C=O) groups excluding carboxylic acids is 1. The van der Waals surface area contributed by atoms with Gasteiger partial charge in [0.25, 0.3) is 15.9 Å². The zero-order chi connectivity index (χ0) is 23.0. The Bertz CT molecular complexity index is 1450. The van der Waals surface area contributed by atoms with Gasteiger partial charge in [-0.3, -0.25) is 4.79 Å². The SMILES string of the molecule is COc1ccc(C)cc1S(=O)(=O)n1ncc2ccc(NC(=O)c3c(F)cccc3Cl)cc21. The van der Waals surface area contributed by atoms with Crippen LogP contribution in [-0.2, 0) is 10.0 Å². The summed E-state index contributed by atoms with van der Waals surface area (Å²) in [5.41, 5.74) is 0.899. The minimum atomic E-state index is -4.11. The van der Waals surface area contributed by atoms with Crippen LogP contribution in [0.1, 0.15) is 15.9 Å². The van der Waals surface area contributed by atoms with E-state index >= 15 is 0 Å². The molecule has 0 aliphatic heterocycles. The van der Waals surface area contributed by atoms with E-state index < -0.39 is 21.7 Å². The summed E-state index contributed by atoms with van der Waals surface area (Å²) in [7, 11) is -2.73. The van der Waals surface area contributed by atoms with E-state index in [1.807, 2.05) is 0 Å². The summed E-state index contributed by atoms with van der Waals surface area (Å²) < 4.78 is 46.9. The van der Waals surface area contributed by atoms with E-state index in [-0.39, 0.29) is 32.4 Å². The van der Waals surface area contributed by atoms with Gasteiger partial charge in [0.15, 0.2) is 0 Å². The van der Waals surface area contributed by atoms with Crippen LogP contribution in [0.5, 0.6) is 5.75 Å². The van der Waals surface area contributed by atoms with E-state index in [9.17, 15) is 17.6 Å². The molecule has 0 radical (unpaired) electrons. The molecule has 0 aliphatic carbocycles. The lowest BCUT2D eigenvalue weighted by atomic mass is 10.2. The number of nitrogens with zero attached hydrogens (tertiary/aromatic N) is 2. The maximum Gasteiger partial charge on any atom is 0.287 e. The summed E-state index contributed by atoms with van der Waals surface area (Å²) in [4.78, 5) is 12.5. The first kappa shape index (κ1) is 21.8. The molecule has 0 bridgehead atoms. The highest BCUT2D eigenvalue weighted by Gasteiger charge is 2.25. The van der Waals surface area contributed by atoms with Gasteiger partial charge >= 0.3 is 0 Å². The van der Waals surface area contributed by atoms with Crippen molar-refractivity contribution in [2.24, 2.45) is 0 Å². The van der Waals surface area contributed by atoms with Crippen LogP contribution in [0.3, 0.4) is 0 Å². The van der Waals surface area contributed by atoms with Crippen LogP contribution in [0.4, 0.5) is 10.1 Å². The number of hydrogen-bond donors (Lipinski definition) is 1. The van der Waals surface area contributed by atoms with Crippen LogP contribution in [0.15, 0.2) is 65.7 Å². The summed E-state index contributed by atoms with van der Waals surface area (Å²) in [6.07, 6.45) is 1.40. The molecule has 1 heterocycles. The minimum absolute atomic E-state index is 0.0391. The van der Waals surface area contributed by atoms with Crippen molar-refractivity contribution in [3.63, 3.8) is 0 Å². The Balaban J connectivity index is 1.77. The molecule has 7 nitrogen and oxygen atoms in total. The second-order valence-corrected chi connectivity index (χ2v) is 9.11. The predicted octanol–water partition coefficient (Wildman–Crippen LogP) is 4.64. The van der Waals surface area contributed by atoms with E-state index in [4.69, 9.17) is 16.3 Å². The molecule has 0 unspecified atom stereocenters. The van der Waals surface area contributed by atoms with Gasteiger partial charge < -0.3 is 10.1 Å². The molecule has 4 aromatic rings. The molecule has 0 spiro atoms. The van der Waals surface area contributed by atoms with Crippen LogP contribution in [0, 0.1) is 12.7 Å². The first-order valence-corrected chi connectivity index (χ1v) is 11.2. The number of rotatable bonds is 5. The Morgan fingerprint density at radius 1 is 1.16 bits per heavy atom. The molecule has 0 atom stereocenters. The van der Waals surface area contributed by atoms with Crippen LogP contribution in [0.2, 0.25) is 5.02 Å². The number of amides is 1. The van der Waals surface area contributed by atoms with Crippen molar-refractivity contribution in [3.8, 4) is 5.75 Å². The van der Waals surface area contributed by atoms with Crippen LogP contribution in [-0.4, -0.2) is 30.6 Å². The van der Waals surface area contributed by atoms with Gasteiger partial charge in [0, 0.05) is 11.1 Å². The van der Waals surface area contributed by atoms with E-state index in [0.717, 1.165) is 15.7 Å². The number of fused-ring (bicyclic) bond motifs is 1. The molecule has 10 heteroatoms. The zero-order valence-corrected chi connectivity index (χ0v) is 18.5. The number of benzene rings is 3. The summed E-state index contributed by atoms with van der Waals surface area (Å²) in [5, 5.41) is 7.07. The molecule has 0 saturated heterocycles. The average Bonchev–Trinajstić information content (AvgIpc) is 3.17. The van der Waals surface area contributed by atoms with E-state index in [1.165, 1.54) is 37.6 Å². The number of aryl methyl sites for hydroxylation is 1. The zero-order valence-electron chi connectivity index (χ0n) is 17.0. The lowest BCUT2D eigenvalue weighted by molar-refractivity contribution is 0.102. The minimum Gasteiger partial charge on any atom is -0.495 e. The number of methoxy groups -OCH3 is 1. The topological polar surface area (TPSA) is 90.3 Å². The summed E-state index contributed by atoms with van der Waals surface area (Å²) in [5.74, 6) is -1.35. The smallest absolute Gasteiger partial charge is 0.287 e. The molecule has 32 heavy (non-hydrogen) atoms. The van der Waals surface area contributed by atoms with Gasteiger partial charge in [0.2, 0.25) is 0 Å². The fourth-order valence-corrected chi connectivity index (χ4v) is 5.02. The lowest BCUT2D eigenvalue weighted by Crippen LogP contribution is -2.16. The fraction of sp³-hybridized carbons (Fsp3) is 0.0909. The van der Waals surface area contributed by atoms with Crippen LogP contribution in [0.25, 0.3) is 10.9 Å². The number of carbonyl (C=O) groups is 1. The second-order valence-electron chi connectivity index (χ2n) is 6.97. The van der Waals surface area contributed by atoms with E-state index in [1.54, 1.807) is 31.2 Å². The van der Waals surface area contributed by atoms with Gasteiger partial charge in [0.1, 0.15) is 16.5 Å². The van der Waals surface area contributed by atoms with Crippen LogP contribution >= 0.6 is 11.6 Å². The molecule has 1 amide bonds. The highest BCUT2D eigenvalue weighted by molar-refractivity contribution is 7.90. The van der Waals surface area contributed by atoms with Crippen LogP contribution < -0.4 is 10.1 Å². The third kappa shape index (κ3) is 3.80. The fourth-order valence-electron chi connectivity index (χ4n) is 3.25. The number of halogens is 2. The Labute approximate surface area is 188 Å². The summed E-state index contributed by atoms with van der Waals surface area (Å²) in [6, 6.07) is 13.3. The molecular formula is C22H17ClFN3O4S. The average molecular weight is 474 g/mol. The lowest BCUT2D eigenvalue weighted by Gasteiger charge is -2.12. The first-order valence-electron chi connectivity index (χ1n) is 9.36. The van der Waals surface area contributed by atoms with Crippen molar-refractivity contribution in [1.29, 1.82) is 0 Å². The highest BCUT2D eigenvalue weighted by atomic mass is 35.5. The molecule has 1 N–H and O–H groups in total. The van der Waals surface area contributed by atoms with Gasteiger partial charge in [-0.15, -0.1) is 0 Å². The Hall–Kier alpha value is -3.43. The molecule has 1 aromatic heterocycles. The maximum atomic E-state index is 14.1. The van der Waals surface area contributed by atoms with E-state index in [2.05, 4.69) is 10.4 Å². The molecular weight excluding hydrogens is 457 g/mol. The van der Waals surface area contributed by atoms with Gasteiger partial charge in [-0.05, 0) is 55.0 Å². The molecule has 0 saturated carbocycles. The third-order valence-electron chi connectivity index (χ3n) is 4.81. The molecule has 0 fully saturated rings. The number of anilines is 1. The number of hydrogen-bond acceptors (Lipinski definition) is 5. The van der Waals surface area contributed by atoms with Crippen molar-refractivity contribution in [3.05, 3.63) is 82.8 Å². The summed E-state index contributed by atoms with van der Waals surface area (Å²) in [6.45, 7) is 1.77. The maximum absolute atomic E-state index is 14.1. The number of nitrogens with one attached hydrogen (secondary N) is 1. The van der Waals surface area contributed by atoms with Gasteiger partial charge in [-0.25, -0.2) is 4.39 Å². The predicted molar refractivity (Wildman–Crippen MR) is 119 cm³/mol. The monoisotopic (exact) mass is 473 g/mol. The molecule has 164 valence electrons. The van der Waals surface area contributed by atoms with Crippen molar-refractivity contribution in [2.45, 2.75) is 11.8 Å². The largest absolute Gasteiger partial charge is 0.495 e. The number of ether oxygens (including phenoxy) is 1. The standard InChI is InChI=1S/C22H17ClFN3O4S/c1-13-6-9-19(31-2)20(10-13)32(29,30)27-18-11-15(8-7-14(18)12-25-27)26-22(28)21-16(23)4-3-5-17(21)24/h3-12H,1-2H3,(H,26,28). The van der Waals surface area contributed by atoms with Gasteiger partial charge in [0.05, 0.1) is 29.4 Å². The molecule has 0 aliphatic rings. The number of aromatic nitrogens is 2. The molecule has 3 aromatic carbocycles.